The average Bonchev–Trinajstić information content (AvgIpc) is 2.63. The highest BCUT2D eigenvalue weighted by molar-refractivity contribution is 5.48. The SMILES string of the molecule is Cc1nn(C)c(C)c1C(C)Nc1cccc(CO)c1. The minimum Gasteiger partial charge on any atom is -0.392 e. The van der Waals surface area contributed by atoms with Crippen LogP contribution in [0.4, 0.5) is 5.69 Å². The summed E-state index contributed by atoms with van der Waals surface area (Å²) in [4.78, 5) is 0. The molecular formula is C15H21N3O. The Labute approximate surface area is 114 Å². The standard InChI is InChI=1S/C15H21N3O/c1-10(15-11(2)17-18(4)12(15)3)16-14-7-5-6-13(8-14)9-19/h5-8,10,16,19H,9H2,1-4H3. The van der Waals surface area contributed by atoms with Gasteiger partial charge in [-0.25, -0.2) is 0 Å². The molecule has 19 heavy (non-hydrogen) atoms. The van der Waals surface area contributed by atoms with Crippen molar-refractivity contribution in [2.75, 3.05) is 5.32 Å². The molecule has 0 aliphatic heterocycles. The van der Waals surface area contributed by atoms with Crippen molar-refractivity contribution in [1.29, 1.82) is 0 Å². The third-order valence-corrected chi connectivity index (χ3v) is 3.49. The summed E-state index contributed by atoms with van der Waals surface area (Å²) in [6.45, 7) is 6.31. The molecule has 1 unspecified atom stereocenters. The lowest BCUT2D eigenvalue weighted by Crippen LogP contribution is -2.09. The summed E-state index contributed by atoms with van der Waals surface area (Å²) in [5.41, 5.74) is 5.39. The minimum atomic E-state index is 0.0643. The molecule has 0 spiro atoms. The van der Waals surface area contributed by atoms with Gasteiger partial charge in [-0.2, -0.15) is 5.10 Å². The van der Waals surface area contributed by atoms with Crippen LogP contribution >= 0.6 is 0 Å². The van der Waals surface area contributed by atoms with Gasteiger partial charge < -0.3 is 10.4 Å². The molecule has 1 aromatic heterocycles. The third kappa shape index (κ3) is 2.79. The molecule has 0 fully saturated rings. The van der Waals surface area contributed by atoms with E-state index in [9.17, 15) is 0 Å². The Hall–Kier alpha value is -1.81. The Balaban J connectivity index is 2.22. The van der Waals surface area contributed by atoms with Gasteiger partial charge in [-0.1, -0.05) is 12.1 Å². The molecule has 0 saturated heterocycles. The van der Waals surface area contributed by atoms with E-state index in [-0.39, 0.29) is 12.6 Å². The topological polar surface area (TPSA) is 50.1 Å². The first-order valence-electron chi connectivity index (χ1n) is 6.49. The summed E-state index contributed by atoms with van der Waals surface area (Å²) in [5.74, 6) is 0. The molecule has 2 aromatic rings. The van der Waals surface area contributed by atoms with E-state index >= 15 is 0 Å². The average molecular weight is 259 g/mol. The van der Waals surface area contributed by atoms with E-state index in [0.29, 0.717) is 0 Å². The van der Waals surface area contributed by atoms with Crippen LogP contribution in [0.3, 0.4) is 0 Å². The van der Waals surface area contributed by atoms with Gasteiger partial charge in [0.1, 0.15) is 0 Å². The highest BCUT2D eigenvalue weighted by Gasteiger charge is 2.16. The van der Waals surface area contributed by atoms with Gasteiger partial charge in [-0.15, -0.1) is 0 Å². The fourth-order valence-electron chi connectivity index (χ4n) is 2.50. The molecule has 1 heterocycles. The fraction of sp³-hybridized carbons (Fsp3) is 0.400. The normalized spacial score (nSPS) is 12.5. The van der Waals surface area contributed by atoms with E-state index in [2.05, 4.69) is 24.3 Å². The van der Waals surface area contributed by atoms with Crippen molar-refractivity contribution in [2.45, 2.75) is 33.4 Å². The van der Waals surface area contributed by atoms with Gasteiger partial charge in [0.15, 0.2) is 0 Å². The van der Waals surface area contributed by atoms with Crippen LogP contribution < -0.4 is 5.32 Å². The maximum atomic E-state index is 9.16. The number of hydrogen-bond acceptors (Lipinski definition) is 3. The second-order valence-electron chi connectivity index (χ2n) is 4.93. The van der Waals surface area contributed by atoms with Crippen molar-refractivity contribution in [3.63, 3.8) is 0 Å². The predicted octanol–water partition coefficient (Wildman–Crippen LogP) is 2.70. The Bertz CT molecular complexity index is 575. The molecule has 0 radical (unpaired) electrons. The maximum Gasteiger partial charge on any atom is 0.0682 e. The Morgan fingerprint density at radius 1 is 1.37 bits per heavy atom. The number of hydrogen-bond donors (Lipinski definition) is 2. The van der Waals surface area contributed by atoms with Crippen LogP contribution in [0.25, 0.3) is 0 Å². The number of anilines is 1. The van der Waals surface area contributed by atoms with Crippen LogP contribution in [-0.2, 0) is 13.7 Å². The van der Waals surface area contributed by atoms with Gasteiger partial charge in [0, 0.05) is 24.0 Å². The largest absolute Gasteiger partial charge is 0.392 e. The molecule has 0 bridgehead atoms. The highest BCUT2D eigenvalue weighted by atomic mass is 16.3. The number of nitrogens with zero attached hydrogens (tertiary/aromatic N) is 2. The summed E-state index contributed by atoms with van der Waals surface area (Å²) in [5, 5.41) is 17.1. The van der Waals surface area contributed by atoms with Crippen LogP contribution in [0.5, 0.6) is 0 Å². The van der Waals surface area contributed by atoms with Gasteiger partial charge in [0.2, 0.25) is 0 Å². The van der Waals surface area contributed by atoms with Gasteiger partial charge in [0.05, 0.1) is 18.3 Å². The van der Waals surface area contributed by atoms with Crippen molar-refractivity contribution in [3.05, 3.63) is 46.8 Å². The molecule has 4 nitrogen and oxygen atoms in total. The molecule has 0 saturated carbocycles. The molecule has 102 valence electrons. The van der Waals surface area contributed by atoms with Gasteiger partial charge in [-0.3, -0.25) is 4.68 Å². The monoisotopic (exact) mass is 259 g/mol. The summed E-state index contributed by atoms with van der Waals surface area (Å²) in [7, 11) is 1.96. The summed E-state index contributed by atoms with van der Waals surface area (Å²) in [6.07, 6.45) is 0. The first-order valence-corrected chi connectivity index (χ1v) is 6.49. The van der Waals surface area contributed by atoms with Crippen molar-refractivity contribution in [3.8, 4) is 0 Å². The van der Waals surface area contributed by atoms with Crippen LogP contribution in [0.15, 0.2) is 24.3 Å². The molecule has 4 heteroatoms. The van der Waals surface area contributed by atoms with E-state index < -0.39 is 0 Å². The number of rotatable bonds is 4. The zero-order valence-corrected chi connectivity index (χ0v) is 11.9. The van der Waals surface area contributed by atoms with Gasteiger partial charge in [-0.05, 0) is 38.5 Å². The molecule has 1 atom stereocenters. The lowest BCUT2D eigenvalue weighted by atomic mass is 10.1. The summed E-state index contributed by atoms with van der Waals surface area (Å²) in [6, 6.07) is 8.02. The highest BCUT2D eigenvalue weighted by Crippen LogP contribution is 2.25. The molecule has 1 aromatic carbocycles. The Morgan fingerprint density at radius 3 is 2.68 bits per heavy atom. The van der Waals surface area contributed by atoms with Crippen molar-refractivity contribution < 1.29 is 5.11 Å². The van der Waals surface area contributed by atoms with Crippen molar-refractivity contribution in [1.82, 2.24) is 9.78 Å². The van der Waals surface area contributed by atoms with Crippen molar-refractivity contribution in [2.24, 2.45) is 7.05 Å². The molecule has 0 aliphatic rings. The second kappa shape index (κ2) is 5.45. The number of benzene rings is 1. The first-order chi connectivity index (χ1) is 9.02. The lowest BCUT2D eigenvalue weighted by molar-refractivity contribution is 0.282. The number of aliphatic hydroxyl groups excluding tert-OH is 1. The zero-order chi connectivity index (χ0) is 14.0. The van der Waals surface area contributed by atoms with E-state index in [1.165, 1.54) is 11.3 Å². The summed E-state index contributed by atoms with van der Waals surface area (Å²) < 4.78 is 1.91. The zero-order valence-electron chi connectivity index (χ0n) is 11.9. The molecular weight excluding hydrogens is 238 g/mol. The van der Waals surface area contributed by atoms with E-state index in [1.54, 1.807) is 0 Å². The fourth-order valence-corrected chi connectivity index (χ4v) is 2.50. The molecule has 0 amide bonds. The maximum absolute atomic E-state index is 9.16. The van der Waals surface area contributed by atoms with E-state index in [4.69, 9.17) is 5.11 Å². The van der Waals surface area contributed by atoms with Gasteiger partial charge in [0.25, 0.3) is 0 Å². The van der Waals surface area contributed by atoms with Crippen LogP contribution in [0, 0.1) is 13.8 Å². The molecule has 2 rings (SSSR count). The molecule has 0 aliphatic carbocycles. The van der Waals surface area contributed by atoms with Crippen LogP contribution in [-0.4, -0.2) is 14.9 Å². The van der Waals surface area contributed by atoms with Crippen LogP contribution in [0.1, 0.15) is 35.5 Å². The quantitative estimate of drug-likeness (QED) is 0.887. The second-order valence-corrected chi connectivity index (χ2v) is 4.93. The third-order valence-electron chi connectivity index (χ3n) is 3.49. The summed E-state index contributed by atoms with van der Waals surface area (Å²) >= 11 is 0. The van der Waals surface area contributed by atoms with Crippen molar-refractivity contribution >= 4 is 5.69 Å². The smallest absolute Gasteiger partial charge is 0.0682 e. The first kappa shape index (κ1) is 13.6. The number of nitrogens with one attached hydrogen (secondary N) is 1. The number of aromatic nitrogens is 2. The van der Waals surface area contributed by atoms with E-state index in [1.807, 2.05) is 42.9 Å². The lowest BCUT2D eigenvalue weighted by Gasteiger charge is -2.16. The predicted molar refractivity (Wildman–Crippen MR) is 77.1 cm³/mol. The Morgan fingerprint density at radius 2 is 2.11 bits per heavy atom. The molecule has 2 N–H and O–H groups in total. The number of aryl methyl sites for hydroxylation is 2. The van der Waals surface area contributed by atoms with Gasteiger partial charge >= 0.3 is 0 Å². The van der Waals surface area contributed by atoms with Crippen LogP contribution in [0.2, 0.25) is 0 Å². The number of aliphatic hydroxyl groups is 1. The van der Waals surface area contributed by atoms with E-state index in [0.717, 1.165) is 16.9 Å². The Kier molecular flexibility index (Phi) is 3.90. The minimum absolute atomic E-state index is 0.0643.